The van der Waals surface area contributed by atoms with Gasteiger partial charge in [0.1, 0.15) is 16.9 Å². The fraction of sp³-hybridized carbons (Fsp3) is 0.593. The van der Waals surface area contributed by atoms with E-state index in [4.69, 9.17) is 11.5 Å². The number of rotatable bonds is 10. The highest BCUT2D eigenvalue weighted by Gasteiger charge is 2.28. The van der Waals surface area contributed by atoms with E-state index in [-0.39, 0.29) is 23.2 Å². The van der Waals surface area contributed by atoms with Crippen molar-refractivity contribution in [3.05, 3.63) is 46.8 Å². The topological polar surface area (TPSA) is 77.8 Å². The van der Waals surface area contributed by atoms with E-state index in [2.05, 4.69) is 32.4 Å². The van der Waals surface area contributed by atoms with Gasteiger partial charge >= 0.3 is 5.97 Å². The van der Waals surface area contributed by atoms with Crippen LogP contribution >= 0.6 is 0 Å². The number of aliphatic carboxylic acids is 1. The first-order chi connectivity index (χ1) is 15.3. The molecule has 0 saturated carbocycles. The minimum Gasteiger partial charge on any atom is -0.511 e. The van der Waals surface area contributed by atoms with Gasteiger partial charge in [0, 0.05) is 6.42 Å². The second kappa shape index (κ2) is 14.7. The van der Waals surface area contributed by atoms with Crippen molar-refractivity contribution >= 4 is 5.97 Å². The van der Waals surface area contributed by atoms with Crippen LogP contribution in [0.15, 0.2) is 46.8 Å². The molecule has 1 aliphatic carbocycles. The Morgan fingerprint density at radius 3 is 2.36 bits per heavy atom. The predicted octanol–water partition coefficient (Wildman–Crippen LogP) is 6.98. The number of alkyl halides is 2. The summed E-state index contributed by atoms with van der Waals surface area (Å²) < 4.78 is 22.6. The number of carbonyl (C=O) groups is 1. The molecule has 0 aromatic carbocycles. The van der Waals surface area contributed by atoms with E-state index in [9.17, 15) is 23.8 Å². The molecule has 0 fully saturated rings. The molecule has 2 unspecified atom stereocenters. The van der Waals surface area contributed by atoms with Crippen LogP contribution in [0.5, 0.6) is 0 Å². The van der Waals surface area contributed by atoms with Crippen LogP contribution < -0.4 is 0 Å². The number of carboxylic acid groups (broad SMARTS) is 1. The van der Waals surface area contributed by atoms with Gasteiger partial charge in [0.15, 0.2) is 0 Å². The second-order valence-electron chi connectivity index (χ2n) is 9.25. The lowest BCUT2D eigenvalue weighted by Crippen LogP contribution is -2.28. The lowest BCUT2D eigenvalue weighted by atomic mass is 9.75. The largest absolute Gasteiger partial charge is 0.511 e. The van der Waals surface area contributed by atoms with Gasteiger partial charge in [-0.2, -0.15) is 0 Å². The smallest absolute Gasteiger partial charge is 0.339 e. The van der Waals surface area contributed by atoms with E-state index < -0.39 is 18.0 Å². The fourth-order valence-electron chi connectivity index (χ4n) is 3.68. The first kappa shape index (κ1) is 30.6. The molecule has 1 rings (SSSR count). The summed E-state index contributed by atoms with van der Waals surface area (Å²) in [6.07, 6.45) is 12.1. The van der Waals surface area contributed by atoms with Crippen molar-refractivity contribution in [1.82, 2.24) is 0 Å². The zero-order chi connectivity index (χ0) is 25.8. The summed E-state index contributed by atoms with van der Waals surface area (Å²) in [6.45, 7) is 12.4. The number of hydrogen-bond donors (Lipinski definition) is 3. The summed E-state index contributed by atoms with van der Waals surface area (Å²) in [5.74, 6) is 1.55. The zero-order valence-electron chi connectivity index (χ0n) is 20.6. The fourth-order valence-corrected chi connectivity index (χ4v) is 3.68. The monoisotopic (exact) mass is 466 g/mol. The van der Waals surface area contributed by atoms with Crippen LogP contribution in [-0.2, 0) is 4.79 Å². The summed E-state index contributed by atoms with van der Waals surface area (Å²) in [4.78, 5) is 11.9. The minimum atomic E-state index is -2.65. The number of allylic oxidation sites excluding steroid dienone is 5. The summed E-state index contributed by atoms with van der Waals surface area (Å²) in [7, 11) is 0. The molecule has 33 heavy (non-hydrogen) atoms. The van der Waals surface area contributed by atoms with E-state index in [0.717, 1.165) is 51.5 Å². The van der Waals surface area contributed by atoms with E-state index >= 15 is 0 Å². The predicted molar refractivity (Wildman–Crippen MR) is 130 cm³/mol. The van der Waals surface area contributed by atoms with Crippen LogP contribution in [-0.4, -0.2) is 33.3 Å². The van der Waals surface area contributed by atoms with E-state index in [1.54, 1.807) is 0 Å². The van der Waals surface area contributed by atoms with Crippen molar-refractivity contribution in [2.45, 2.75) is 91.6 Å². The number of aliphatic hydroxyl groups is 2. The number of unbranched alkanes of at least 4 members (excludes halogenated alkanes) is 2. The van der Waals surface area contributed by atoms with Gasteiger partial charge in [-0.05, 0) is 76.9 Å². The molecule has 0 radical (unpaired) electrons. The van der Waals surface area contributed by atoms with Crippen LogP contribution in [0.25, 0.3) is 0 Å². The first-order valence-electron chi connectivity index (χ1n) is 11.4. The molecular formula is C27H40F2O4. The van der Waals surface area contributed by atoms with Crippen molar-refractivity contribution in [2.75, 3.05) is 0 Å². The van der Waals surface area contributed by atoms with Gasteiger partial charge in [-0.1, -0.05) is 49.5 Å². The van der Waals surface area contributed by atoms with Gasteiger partial charge in [0.25, 0.3) is 6.43 Å². The minimum absolute atomic E-state index is 0.0313. The maximum absolute atomic E-state index is 11.9. The number of carboxylic acids is 1. The highest BCUT2D eigenvalue weighted by molar-refractivity contribution is 5.92. The molecule has 6 heteroatoms. The second-order valence-corrected chi connectivity index (χ2v) is 9.25. The Hall–Kier alpha value is -2.39. The molecule has 0 heterocycles. The van der Waals surface area contributed by atoms with Crippen LogP contribution in [0, 0.1) is 24.2 Å². The quantitative estimate of drug-likeness (QED) is 0.0810. The van der Waals surface area contributed by atoms with Gasteiger partial charge in [-0.25, -0.2) is 13.6 Å². The average Bonchev–Trinajstić information content (AvgIpc) is 2.67. The van der Waals surface area contributed by atoms with Crippen molar-refractivity contribution in [3.8, 4) is 12.3 Å². The van der Waals surface area contributed by atoms with Crippen LogP contribution in [0.2, 0.25) is 0 Å². The normalized spacial score (nSPS) is 19.6. The Morgan fingerprint density at radius 1 is 1.36 bits per heavy atom. The van der Waals surface area contributed by atoms with Crippen LogP contribution in [0.1, 0.15) is 79.6 Å². The zero-order valence-corrected chi connectivity index (χ0v) is 20.6. The Balaban J connectivity index is 0.00000126. The van der Waals surface area contributed by atoms with E-state index in [1.807, 2.05) is 6.92 Å². The van der Waals surface area contributed by atoms with Crippen molar-refractivity contribution < 1.29 is 28.9 Å². The lowest BCUT2D eigenvalue weighted by Gasteiger charge is -2.30. The molecule has 0 amide bonds. The van der Waals surface area contributed by atoms with Crippen LogP contribution in [0.4, 0.5) is 8.78 Å². The van der Waals surface area contributed by atoms with Crippen LogP contribution in [0.3, 0.4) is 0 Å². The molecule has 0 saturated heterocycles. The number of aliphatic hydroxyl groups excluding tert-OH is 1. The third-order valence-electron chi connectivity index (χ3n) is 5.59. The summed E-state index contributed by atoms with van der Waals surface area (Å²) in [5, 5.41) is 28.7. The van der Waals surface area contributed by atoms with E-state index in [1.165, 1.54) is 11.6 Å². The maximum atomic E-state index is 11.9. The summed E-state index contributed by atoms with van der Waals surface area (Å²) in [6, 6.07) is 0. The van der Waals surface area contributed by atoms with Crippen molar-refractivity contribution in [2.24, 2.45) is 11.8 Å². The first-order valence-corrected chi connectivity index (χ1v) is 11.4. The molecule has 3 N–H and O–H groups in total. The Labute approximate surface area is 197 Å². The SMILES string of the molecule is C#C/C=C(CCCCC)\C(C(=O)O)=C(\O)CC1C=C(C)CCC1C(=C)C.CC(C)(O)C(F)F. The molecular weight excluding hydrogens is 426 g/mol. The molecule has 0 aromatic rings. The third kappa shape index (κ3) is 11.3. The highest BCUT2D eigenvalue weighted by Crippen LogP contribution is 2.37. The lowest BCUT2D eigenvalue weighted by molar-refractivity contribution is -0.132. The Kier molecular flexibility index (Phi) is 13.6. The van der Waals surface area contributed by atoms with Gasteiger partial charge in [-0.15, -0.1) is 6.42 Å². The molecule has 2 atom stereocenters. The van der Waals surface area contributed by atoms with Crippen molar-refractivity contribution in [1.29, 1.82) is 0 Å². The number of hydrogen-bond acceptors (Lipinski definition) is 3. The van der Waals surface area contributed by atoms with Gasteiger partial charge in [0.05, 0.1) is 0 Å². The van der Waals surface area contributed by atoms with E-state index in [0.29, 0.717) is 18.4 Å². The van der Waals surface area contributed by atoms with Crippen molar-refractivity contribution in [3.63, 3.8) is 0 Å². The molecule has 0 aromatic heterocycles. The standard InChI is InChI=1S/C23H32O3.C4H8F2O/c1-6-8-9-11-18(10-7-2)22(23(25)26)21(24)15-19-14-17(5)12-13-20(19)16(3)4;1-4(2,7)3(5)6/h2,10,14,19-20,24H,3,6,8-9,11-13,15H2,1,4-5H3,(H,25,26);3,7H,1-2H3/b18-10-,22-21-;. The molecule has 1 aliphatic rings. The number of halogens is 2. The third-order valence-corrected chi connectivity index (χ3v) is 5.59. The average molecular weight is 467 g/mol. The van der Waals surface area contributed by atoms with Gasteiger partial charge in [-0.3, -0.25) is 0 Å². The maximum Gasteiger partial charge on any atom is 0.339 e. The molecule has 4 nitrogen and oxygen atoms in total. The van der Waals surface area contributed by atoms with Gasteiger partial charge in [0.2, 0.25) is 0 Å². The summed E-state index contributed by atoms with van der Waals surface area (Å²) in [5.41, 5.74) is 1.02. The number of terminal acetylenes is 1. The Morgan fingerprint density at radius 2 is 1.94 bits per heavy atom. The molecule has 0 aliphatic heterocycles. The molecule has 186 valence electrons. The highest BCUT2D eigenvalue weighted by atomic mass is 19.3. The molecule has 0 spiro atoms. The summed E-state index contributed by atoms with van der Waals surface area (Å²) >= 11 is 0. The van der Waals surface area contributed by atoms with Gasteiger partial charge < -0.3 is 15.3 Å². The molecule has 0 bridgehead atoms. The Bertz CT molecular complexity index is 792.